The van der Waals surface area contributed by atoms with E-state index in [1.165, 1.54) is 5.56 Å². The predicted octanol–water partition coefficient (Wildman–Crippen LogP) is 4.66. The fourth-order valence-corrected chi connectivity index (χ4v) is 3.98. The first kappa shape index (κ1) is 18.2. The maximum absolute atomic E-state index is 13.0. The molecule has 0 fully saturated rings. The van der Waals surface area contributed by atoms with Crippen molar-refractivity contribution in [2.75, 3.05) is 13.7 Å². The van der Waals surface area contributed by atoms with Crippen molar-refractivity contribution >= 4 is 38.6 Å². The lowest BCUT2D eigenvalue weighted by molar-refractivity contribution is 0.156. The second kappa shape index (κ2) is 8.17. The molecule has 3 rings (SSSR count). The fourth-order valence-electron chi connectivity index (χ4n) is 2.66. The smallest absolute Gasteiger partial charge is 0.262 e. The second-order valence-corrected chi connectivity index (χ2v) is 7.66. The molecule has 0 aliphatic carbocycles. The van der Waals surface area contributed by atoms with Gasteiger partial charge in [-0.1, -0.05) is 52.0 Å². The Hall–Kier alpha value is -1.63. The standard InChI is InChI=1S/C19H19BrN2O2S/c1-13(11-24-2)22-18(23)16-5-3-4-6-17(16)21-19(22)25-12-14-7-9-15(20)10-8-14/h3-10,13H,11-12H2,1-2H3/t13-/m1/s1. The minimum Gasteiger partial charge on any atom is -0.383 e. The molecule has 25 heavy (non-hydrogen) atoms. The van der Waals surface area contributed by atoms with Crippen molar-refractivity contribution in [3.8, 4) is 0 Å². The third-order valence-electron chi connectivity index (χ3n) is 3.91. The molecule has 0 spiro atoms. The lowest BCUT2D eigenvalue weighted by atomic mass is 10.2. The average Bonchev–Trinajstić information content (AvgIpc) is 2.61. The van der Waals surface area contributed by atoms with Crippen LogP contribution in [0.5, 0.6) is 0 Å². The van der Waals surface area contributed by atoms with Crippen LogP contribution in [0.3, 0.4) is 0 Å². The highest BCUT2D eigenvalue weighted by Gasteiger charge is 2.16. The van der Waals surface area contributed by atoms with Crippen molar-refractivity contribution in [3.63, 3.8) is 0 Å². The largest absolute Gasteiger partial charge is 0.383 e. The Balaban J connectivity index is 2.00. The number of methoxy groups -OCH3 is 1. The topological polar surface area (TPSA) is 44.1 Å². The van der Waals surface area contributed by atoms with E-state index in [-0.39, 0.29) is 11.6 Å². The van der Waals surface area contributed by atoms with Crippen LogP contribution in [0.2, 0.25) is 0 Å². The van der Waals surface area contributed by atoms with Crippen LogP contribution in [0.4, 0.5) is 0 Å². The number of hydrogen-bond acceptors (Lipinski definition) is 4. The van der Waals surface area contributed by atoms with Gasteiger partial charge in [-0.2, -0.15) is 0 Å². The molecule has 0 saturated heterocycles. The van der Waals surface area contributed by atoms with E-state index >= 15 is 0 Å². The zero-order chi connectivity index (χ0) is 17.8. The van der Waals surface area contributed by atoms with Gasteiger partial charge in [-0.3, -0.25) is 9.36 Å². The number of thioether (sulfide) groups is 1. The molecule has 0 aliphatic rings. The molecule has 0 N–H and O–H groups in total. The van der Waals surface area contributed by atoms with Gasteiger partial charge in [-0.05, 0) is 36.8 Å². The molecule has 1 aromatic heterocycles. The van der Waals surface area contributed by atoms with E-state index in [0.29, 0.717) is 12.0 Å². The zero-order valence-corrected chi connectivity index (χ0v) is 16.5. The third kappa shape index (κ3) is 4.14. The molecule has 0 aliphatic heterocycles. The molecule has 3 aromatic rings. The minimum atomic E-state index is -0.0815. The van der Waals surface area contributed by atoms with Gasteiger partial charge >= 0.3 is 0 Å². The maximum atomic E-state index is 13.0. The number of rotatable bonds is 6. The van der Waals surface area contributed by atoms with E-state index in [4.69, 9.17) is 9.72 Å². The first-order valence-electron chi connectivity index (χ1n) is 7.97. The third-order valence-corrected chi connectivity index (χ3v) is 5.46. The second-order valence-electron chi connectivity index (χ2n) is 5.81. The SMILES string of the molecule is COC[C@@H](C)n1c(SCc2ccc(Br)cc2)nc2ccccc2c1=O. The van der Waals surface area contributed by atoms with Crippen LogP contribution in [0.15, 0.2) is 63.0 Å². The summed E-state index contributed by atoms with van der Waals surface area (Å²) >= 11 is 5.02. The Morgan fingerprint density at radius 2 is 1.92 bits per heavy atom. The molecule has 0 saturated carbocycles. The zero-order valence-electron chi connectivity index (χ0n) is 14.1. The lowest BCUT2D eigenvalue weighted by Gasteiger charge is -2.19. The lowest BCUT2D eigenvalue weighted by Crippen LogP contribution is -2.28. The molecule has 1 atom stereocenters. The summed E-state index contributed by atoms with van der Waals surface area (Å²) in [5.74, 6) is 0.748. The van der Waals surface area contributed by atoms with Gasteiger partial charge < -0.3 is 4.74 Å². The van der Waals surface area contributed by atoms with Crippen molar-refractivity contribution in [2.24, 2.45) is 0 Å². The van der Waals surface area contributed by atoms with Gasteiger partial charge in [0, 0.05) is 17.3 Å². The van der Waals surface area contributed by atoms with E-state index in [1.807, 2.05) is 43.3 Å². The highest BCUT2D eigenvalue weighted by molar-refractivity contribution is 9.10. The van der Waals surface area contributed by atoms with Crippen molar-refractivity contribution in [3.05, 3.63) is 68.9 Å². The summed E-state index contributed by atoms with van der Waals surface area (Å²) in [5, 5.41) is 1.36. The maximum Gasteiger partial charge on any atom is 0.262 e. The first-order chi connectivity index (χ1) is 12.1. The number of fused-ring (bicyclic) bond motifs is 1. The van der Waals surface area contributed by atoms with Gasteiger partial charge in [0.05, 0.1) is 23.6 Å². The van der Waals surface area contributed by atoms with Crippen molar-refractivity contribution in [1.29, 1.82) is 0 Å². The summed E-state index contributed by atoms with van der Waals surface area (Å²) in [6, 6.07) is 15.6. The highest BCUT2D eigenvalue weighted by Crippen LogP contribution is 2.25. The Morgan fingerprint density at radius 3 is 2.64 bits per heavy atom. The number of nitrogens with zero attached hydrogens (tertiary/aromatic N) is 2. The van der Waals surface area contributed by atoms with Gasteiger partial charge in [0.2, 0.25) is 0 Å². The fraction of sp³-hybridized carbons (Fsp3) is 0.263. The monoisotopic (exact) mass is 418 g/mol. The molecule has 0 amide bonds. The van der Waals surface area contributed by atoms with Crippen LogP contribution in [-0.4, -0.2) is 23.3 Å². The van der Waals surface area contributed by atoms with Crippen LogP contribution in [0.25, 0.3) is 10.9 Å². The molecule has 4 nitrogen and oxygen atoms in total. The summed E-state index contributed by atoms with van der Waals surface area (Å²) in [5.41, 5.74) is 1.89. The predicted molar refractivity (Wildman–Crippen MR) is 106 cm³/mol. The Kier molecular flexibility index (Phi) is 5.93. The number of ether oxygens (including phenoxy) is 1. The Labute approximate surface area is 159 Å². The number of aromatic nitrogens is 2. The molecule has 0 bridgehead atoms. The van der Waals surface area contributed by atoms with E-state index in [1.54, 1.807) is 23.4 Å². The van der Waals surface area contributed by atoms with Crippen molar-refractivity contribution in [1.82, 2.24) is 9.55 Å². The minimum absolute atomic E-state index is 0.0199. The molecule has 130 valence electrons. The van der Waals surface area contributed by atoms with Crippen LogP contribution >= 0.6 is 27.7 Å². The van der Waals surface area contributed by atoms with Gasteiger partial charge in [0.25, 0.3) is 5.56 Å². The summed E-state index contributed by atoms with van der Waals surface area (Å²) in [4.78, 5) is 17.7. The van der Waals surface area contributed by atoms with Crippen LogP contribution in [0.1, 0.15) is 18.5 Å². The average molecular weight is 419 g/mol. The summed E-state index contributed by atoms with van der Waals surface area (Å²) in [6.07, 6.45) is 0. The molecule has 2 aromatic carbocycles. The molecular formula is C19H19BrN2O2S. The van der Waals surface area contributed by atoms with Crippen molar-refractivity contribution in [2.45, 2.75) is 23.9 Å². The molecular weight excluding hydrogens is 400 g/mol. The summed E-state index contributed by atoms with van der Waals surface area (Å²) in [7, 11) is 1.64. The van der Waals surface area contributed by atoms with Crippen LogP contribution < -0.4 is 5.56 Å². The summed E-state index contributed by atoms with van der Waals surface area (Å²) in [6.45, 7) is 2.44. The van der Waals surface area contributed by atoms with Gasteiger partial charge in [-0.15, -0.1) is 0 Å². The highest BCUT2D eigenvalue weighted by atomic mass is 79.9. The Morgan fingerprint density at radius 1 is 1.20 bits per heavy atom. The quantitative estimate of drug-likeness (QED) is 0.431. The first-order valence-corrected chi connectivity index (χ1v) is 9.75. The van der Waals surface area contributed by atoms with E-state index in [0.717, 1.165) is 20.9 Å². The van der Waals surface area contributed by atoms with E-state index in [2.05, 4.69) is 28.1 Å². The normalized spacial score (nSPS) is 12.4. The molecule has 0 radical (unpaired) electrons. The number of halogens is 1. The Bertz CT molecular complexity index is 925. The molecule has 6 heteroatoms. The van der Waals surface area contributed by atoms with Crippen molar-refractivity contribution < 1.29 is 4.74 Å². The van der Waals surface area contributed by atoms with Crippen LogP contribution in [-0.2, 0) is 10.5 Å². The number of para-hydroxylation sites is 1. The molecule has 0 unspecified atom stereocenters. The molecule has 1 heterocycles. The number of benzene rings is 2. The van der Waals surface area contributed by atoms with E-state index < -0.39 is 0 Å². The van der Waals surface area contributed by atoms with Crippen LogP contribution in [0, 0.1) is 0 Å². The van der Waals surface area contributed by atoms with Gasteiger partial charge in [0.1, 0.15) is 0 Å². The van der Waals surface area contributed by atoms with Gasteiger partial charge in [-0.25, -0.2) is 4.98 Å². The summed E-state index contributed by atoms with van der Waals surface area (Å²) < 4.78 is 8.05. The van der Waals surface area contributed by atoms with Gasteiger partial charge in [0.15, 0.2) is 5.16 Å². The number of hydrogen-bond donors (Lipinski definition) is 0. The van der Waals surface area contributed by atoms with E-state index in [9.17, 15) is 4.79 Å².